The fourth-order valence-corrected chi connectivity index (χ4v) is 2.70. The van der Waals surface area contributed by atoms with Crippen LogP contribution in [-0.4, -0.2) is 26.0 Å². The number of hydrogen-bond donors (Lipinski definition) is 2. The van der Waals surface area contributed by atoms with Gasteiger partial charge in [0.05, 0.1) is 5.25 Å². The normalized spacial score (nSPS) is 12.1. The van der Waals surface area contributed by atoms with Gasteiger partial charge in [-0.25, -0.2) is 4.68 Å². The van der Waals surface area contributed by atoms with Gasteiger partial charge in [0.1, 0.15) is 0 Å². The van der Waals surface area contributed by atoms with E-state index in [0.29, 0.717) is 17.4 Å². The van der Waals surface area contributed by atoms with E-state index in [4.69, 9.17) is 5.84 Å². The lowest BCUT2D eigenvalue weighted by Gasteiger charge is -2.11. The summed E-state index contributed by atoms with van der Waals surface area (Å²) in [6.45, 7) is 5.87. The van der Waals surface area contributed by atoms with Gasteiger partial charge >= 0.3 is 0 Å². The second-order valence-corrected chi connectivity index (χ2v) is 6.23. The lowest BCUT2D eigenvalue weighted by atomic mass is 10.1. The van der Waals surface area contributed by atoms with E-state index in [9.17, 15) is 4.79 Å². The molecule has 3 N–H and O–H groups in total. The minimum atomic E-state index is -0.318. The van der Waals surface area contributed by atoms with Gasteiger partial charge < -0.3 is 11.2 Å². The first kappa shape index (κ1) is 16.4. The Balaban J connectivity index is 1.97. The van der Waals surface area contributed by atoms with Crippen LogP contribution in [0.1, 0.15) is 32.2 Å². The average Bonchev–Trinajstić information content (AvgIpc) is 2.88. The minimum Gasteiger partial charge on any atom is -0.336 e. The molecule has 1 aromatic heterocycles. The number of nitrogen functional groups attached to an aromatic ring is 1. The van der Waals surface area contributed by atoms with Crippen molar-refractivity contribution in [2.75, 3.05) is 11.2 Å². The molecule has 0 saturated heterocycles. The Hall–Kier alpha value is -2.02. The quantitative estimate of drug-likeness (QED) is 0.630. The fraction of sp³-hybridized carbons (Fsp3) is 0.400. The summed E-state index contributed by atoms with van der Waals surface area (Å²) >= 11 is 1.29. The molecule has 0 aliphatic carbocycles. The number of anilines is 1. The molecule has 0 radical (unpaired) electrons. The molecule has 2 aromatic rings. The summed E-state index contributed by atoms with van der Waals surface area (Å²) in [5, 5.41) is 11.1. The topological polar surface area (TPSA) is 85.8 Å². The number of aryl methyl sites for hydroxylation is 2. The van der Waals surface area contributed by atoms with Crippen molar-refractivity contribution in [1.82, 2.24) is 14.9 Å². The highest BCUT2D eigenvalue weighted by Crippen LogP contribution is 2.22. The maximum Gasteiger partial charge on any atom is 0.237 e. The molecule has 0 aliphatic heterocycles. The third-order valence-electron chi connectivity index (χ3n) is 3.33. The Kier molecular flexibility index (Phi) is 5.43. The summed E-state index contributed by atoms with van der Waals surface area (Å²) in [6.07, 6.45) is 1.68. The molecule has 1 atom stereocenters. The van der Waals surface area contributed by atoms with Crippen LogP contribution < -0.4 is 11.2 Å². The molecule has 0 aliphatic rings. The Morgan fingerprint density at radius 1 is 1.27 bits per heavy atom. The number of hydrogen-bond acceptors (Lipinski definition) is 5. The first-order chi connectivity index (χ1) is 10.5. The maximum atomic E-state index is 12.2. The van der Waals surface area contributed by atoms with Gasteiger partial charge in [-0.2, -0.15) is 0 Å². The van der Waals surface area contributed by atoms with Crippen LogP contribution in [0.5, 0.6) is 0 Å². The van der Waals surface area contributed by atoms with Gasteiger partial charge in [0, 0.05) is 12.1 Å². The average molecular weight is 319 g/mol. The zero-order chi connectivity index (χ0) is 16.1. The number of nitrogens with one attached hydrogen (secondary N) is 1. The molecule has 2 rings (SSSR count). The zero-order valence-corrected chi connectivity index (χ0v) is 13.9. The molecule has 0 fully saturated rings. The van der Waals surface area contributed by atoms with Crippen LogP contribution in [0.3, 0.4) is 0 Å². The fourth-order valence-electron chi connectivity index (χ4n) is 1.91. The molecule has 7 heteroatoms. The number of rotatable bonds is 6. The van der Waals surface area contributed by atoms with Crippen molar-refractivity contribution < 1.29 is 4.79 Å². The maximum absolute atomic E-state index is 12.2. The number of aromatic nitrogens is 3. The summed E-state index contributed by atoms with van der Waals surface area (Å²) in [5.74, 6) is 6.50. The van der Waals surface area contributed by atoms with Crippen molar-refractivity contribution in [2.24, 2.45) is 0 Å². The SMILES string of the molecule is CCc1ccc(NC(=O)[C@@H](C)Sc2nnc(CC)n2N)cc1. The van der Waals surface area contributed by atoms with Crippen LogP contribution >= 0.6 is 11.8 Å². The molecule has 6 nitrogen and oxygen atoms in total. The van der Waals surface area contributed by atoms with Crippen LogP contribution in [0.4, 0.5) is 5.69 Å². The minimum absolute atomic E-state index is 0.0877. The lowest BCUT2D eigenvalue weighted by molar-refractivity contribution is -0.115. The van der Waals surface area contributed by atoms with E-state index < -0.39 is 0 Å². The highest BCUT2D eigenvalue weighted by atomic mass is 32.2. The van der Waals surface area contributed by atoms with Gasteiger partial charge in [-0.15, -0.1) is 10.2 Å². The summed E-state index contributed by atoms with van der Waals surface area (Å²) in [4.78, 5) is 12.2. The molecule has 0 spiro atoms. The first-order valence-corrected chi connectivity index (χ1v) is 8.18. The van der Waals surface area contributed by atoms with E-state index in [2.05, 4.69) is 22.4 Å². The number of carbonyl (C=O) groups excluding carboxylic acids is 1. The molecule has 0 bridgehead atoms. The largest absolute Gasteiger partial charge is 0.336 e. The van der Waals surface area contributed by atoms with E-state index in [1.165, 1.54) is 22.0 Å². The van der Waals surface area contributed by atoms with Gasteiger partial charge in [-0.3, -0.25) is 4.79 Å². The van der Waals surface area contributed by atoms with E-state index >= 15 is 0 Å². The third kappa shape index (κ3) is 3.79. The van der Waals surface area contributed by atoms with Gasteiger partial charge in [-0.05, 0) is 31.0 Å². The van der Waals surface area contributed by atoms with Crippen molar-refractivity contribution >= 4 is 23.4 Å². The number of carbonyl (C=O) groups is 1. The molecule has 0 unspecified atom stereocenters. The predicted molar refractivity (Wildman–Crippen MR) is 89.3 cm³/mol. The van der Waals surface area contributed by atoms with Gasteiger partial charge in [0.2, 0.25) is 11.1 Å². The van der Waals surface area contributed by atoms with Crippen LogP contribution in [0.2, 0.25) is 0 Å². The molecule has 22 heavy (non-hydrogen) atoms. The standard InChI is InChI=1S/C15H21N5OS/c1-4-11-6-8-12(9-7-11)17-14(21)10(3)22-15-19-18-13(5-2)20(15)16/h6-10H,4-5,16H2,1-3H3,(H,17,21)/t10-/m1/s1. The highest BCUT2D eigenvalue weighted by Gasteiger charge is 2.19. The molecule has 118 valence electrons. The summed E-state index contributed by atoms with van der Waals surface area (Å²) in [5.41, 5.74) is 2.03. The number of nitrogens with two attached hydrogens (primary N) is 1. The van der Waals surface area contributed by atoms with Gasteiger partial charge in [0.15, 0.2) is 5.82 Å². The highest BCUT2D eigenvalue weighted by molar-refractivity contribution is 8.00. The molecule has 1 aromatic carbocycles. The summed E-state index contributed by atoms with van der Waals surface area (Å²) in [7, 11) is 0. The Labute approximate surface area is 134 Å². The van der Waals surface area contributed by atoms with E-state index in [1.807, 2.05) is 38.1 Å². The molecule has 0 saturated carbocycles. The molecular formula is C15H21N5OS. The molecule has 1 heterocycles. The van der Waals surface area contributed by atoms with Crippen molar-refractivity contribution in [3.8, 4) is 0 Å². The van der Waals surface area contributed by atoms with Crippen molar-refractivity contribution in [2.45, 2.75) is 44.0 Å². The monoisotopic (exact) mass is 319 g/mol. The van der Waals surface area contributed by atoms with Crippen molar-refractivity contribution in [3.05, 3.63) is 35.7 Å². The molecular weight excluding hydrogens is 298 g/mol. The Bertz CT molecular complexity index is 638. The van der Waals surface area contributed by atoms with Crippen LogP contribution in [0.25, 0.3) is 0 Å². The Morgan fingerprint density at radius 2 is 1.95 bits per heavy atom. The van der Waals surface area contributed by atoms with Crippen LogP contribution in [0.15, 0.2) is 29.4 Å². The second-order valence-electron chi connectivity index (χ2n) is 4.92. The number of nitrogens with zero attached hydrogens (tertiary/aromatic N) is 3. The second kappa shape index (κ2) is 7.31. The Morgan fingerprint density at radius 3 is 2.50 bits per heavy atom. The zero-order valence-electron chi connectivity index (χ0n) is 13.0. The van der Waals surface area contributed by atoms with E-state index in [1.54, 1.807) is 0 Å². The predicted octanol–water partition coefficient (Wildman–Crippen LogP) is 2.24. The van der Waals surface area contributed by atoms with Crippen LogP contribution in [-0.2, 0) is 17.6 Å². The van der Waals surface area contributed by atoms with Gasteiger partial charge in [0.25, 0.3) is 0 Å². The molecule has 1 amide bonds. The van der Waals surface area contributed by atoms with Gasteiger partial charge in [-0.1, -0.05) is 37.7 Å². The lowest BCUT2D eigenvalue weighted by Crippen LogP contribution is -2.23. The van der Waals surface area contributed by atoms with Crippen LogP contribution in [0, 0.1) is 0 Å². The summed E-state index contributed by atoms with van der Waals surface area (Å²) in [6, 6.07) is 7.85. The van der Waals surface area contributed by atoms with E-state index in [-0.39, 0.29) is 11.2 Å². The number of amides is 1. The smallest absolute Gasteiger partial charge is 0.237 e. The third-order valence-corrected chi connectivity index (χ3v) is 4.39. The van der Waals surface area contributed by atoms with Crippen molar-refractivity contribution in [1.29, 1.82) is 0 Å². The summed E-state index contributed by atoms with van der Waals surface area (Å²) < 4.78 is 1.44. The number of thioether (sulfide) groups is 1. The van der Waals surface area contributed by atoms with E-state index in [0.717, 1.165) is 12.1 Å². The first-order valence-electron chi connectivity index (χ1n) is 7.31. The van der Waals surface area contributed by atoms with Crippen molar-refractivity contribution in [3.63, 3.8) is 0 Å². The number of benzene rings is 1.